The fourth-order valence-electron chi connectivity index (χ4n) is 6.01. The van der Waals surface area contributed by atoms with E-state index < -0.39 is 0 Å². The second-order valence-corrected chi connectivity index (χ2v) is 10.7. The van der Waals surface area contributed by atoms with E-state index in [1.165, 1.54) is 12.4 Å². The molecular weight excluding hydrogens is 534 g/mol. The van der Waals surface area contributed by atoms with E-state index >= 15 is 0 Å². The van der Waals surface area contributed by atoms with E-state index in [1.54, 1.807) is 10.9 Å². The minimum absolute atomic E-state index is 0.00543. The van der Waals surface area contributed by atoms with Gasteiger partial charge < -0.3 is 19.7 Å². The number of anilines is 2. The van der Waals surface area contributed by atoms with Crippen molar-refractivity contribution >= 4 is 39.5 Å². The van der Waals surface area contributed by atoms with E-state index in [4.69, 9.17) is 9.47 Å². The summed E-state index contributed by atoms with van der Waals surface area (Å²) in [6.07, 6.45) is 7.89. The Kier molecular flexibility index (Phi) is 6.37. The summed E-state index contributed by atoms with van der Waals surface area (Å²) in [5.41, 5.74) is 4.62. The average Bonchev–Trinajstić information content (AvgIpc) is 3.49. The zero-order valence-corrected chi connectivity index (χ0v) is 23.3. The van der Waals surface area contributed by atoms with Crippen molar-refractivity contribution in [1.82, 2.24) is 39.8 Å². The zero-order chi connectivity index (χ0) is 28.8. The smallest absolute Gasteiger partial charge is 0.317 e. The van der Waals surface area contributed by atoms with Crippen LogP contribution in [0.5, 0.6) is 17.5 Å². The number of aromatic nitrogens is 7. The summed E-state index contributed by atoms with van der Waals surface area (Å²) in [5, 5.41) is 11.6. The van der Waals surface area contributed by atoms with Crippen molar-refractivity contribution in [3.63, 3.8) is 0 Å². The predicted octanol–water partition coefficient (Wildman–Crippen LogP) is 4.63. The molecule has 212 valence electrons. The van der Waals surface area contributed by atoms with Gasteiger partial charge in [-0.3, -0.25) is 4.79 Å². The molecular formula is C30H29N9O3. The Morgan fingerprint density at radius 2 is 1.90 bits per heavy atom. The average molecular weight is 564 g/mol. The van der Waals surface area contributed by atoms with E-state index in [2.05, 4.69) is 42.1 Å². The van der Waals surface area contributed by atoms with Gasteiger partial charge in [0.2, 0.25) is 5.91 Å². The number of amides is 1. The Bertz CT molecular complexity index is 1820. The first-order chi connectivity index (χ1) is 20.4. The molecule has 12 heteroatoms. The molecule has 2 saturated heterocycles. The Labute approximate surface area is 241 Å². The van der Waals surface area contributed by atoms with Crippen LogP contribution in [0.15, 0.2) is 61.6 Å². The molecule has 2 bridgehead atoms. The zero-order valence-electron chi connectivity index (χ0n) is 23.3. The highest BCUT2D eigenvalue weighted by molar-refractivity contribution is 5.88. The third-order valence-electron chi connectivity index (χ3n) is 7.99. The molecule has 1 unspecified atom stereocenters. The van der Waals surface area contributed by atoms with Crippen LogP contribution in [-0.4, -0.2) is 63.9 Å². The number of fused-ring (bicyclic) bond motifs is 4. The first-order valence-corrected chi connectivity index (χ1v) is 13.9. The maximum absolute atomic E-state index is 12.3. The van der Waals surface area contributed by atoms with Gasteiger partial charge in [-0.1, -0.05) is 11.8 Å². The maximum Gasteiger partial charge on any atom is 0.317 e. The van der Waals surface area contributed by atoms with E-state index in [9.17, 15) is 4.79 Å². The van der Waals surface area contributed by atoms with E-state index in [-0.39, 0.29) is 30.1 Å². The van der Waals surface area contributed by atoms with Gasteiger partial charge in [-0.25, -0.2) is 19.6 Å². The minimum Gasteiger partial charge on any atom is -0.460 e. The van der Waals surface area contributed by atoms with Crippen molar-refractivity contribution < 1.29 is 14.3 Å². The summed E-state index contributed by atoms with van der Waals surface area (Å²) < 4.78 is 14.1. The van der Waals surface area contributed by atoms with Crippen LogP contribution in [0, 0.1) is 6.92 Å². The van der Waals surface area contributed by atoms with Crippen molar-refractivity contribution in [2.24, 2.45) is 7.05 Å². The van der Waals surface area contributed by atoms with Gasteiger partial charge in [-0.15, -0.1) is 5.10 Å². The van der Waals surface area contributed by atoms with Crippen LogP contribution in [0.2, 0.25) is 0 Å². The highest BCUT2D eigenvalue weighted by Crippen LogP contribution is 2.37. The number of rotatable bonds is 7. The third-order valence-corrected chi connectivity index (χ3v) is 7.99. The lowest BCUT2D eigenvalue weighted by molar-refractivity contribution is -0.131. The fourth-order valence-corrected chi connectivity index (χ4v) is 6.01. The number of carbonyl (C=O) groups excluding carboxylic acids is 1. The number of hydrogen-bond acceptors (Lipinski definition) is 10. The van der Waals surface area contributed by atoms with Gasteiger partial charge in [0, 0.05) is 43.7 Å². The third kappa shape index (κ3) is 4.74. The van der Waals surface area contributed by atoms with Crippen LogP contribution in [0.25, 0.3) is 22.1 Å². The second kappa shape index (κ2) is 10.4. The first kappa shape index (κ1) is 25.8. The number of nitrogens with one attached hydrogen (secondary N) is 1. The molecule has 12 nitrogen and oxygen atoms in total. The predicted molar refractivity (Wildman–Crippen MR) is 156 cm³/mol. The number of ether oxygens (including phenoxy) is 2. The molecule has 0 spiro atoms. The number of nitrogens with zero attached hydrogens (tertiary/aromatic N) is 8. The second-order valence-electron chi connectivity index (χ2n) is 10.7. The van der Waals surface area contributed by atoms with Gasteiger partial charge in [0.05, 0.1) is 11.7 Å². The van der Waals surface area contributed by atoms with Crippen LogP contribution in [0.4, 0.5) is 11.5 Å². The molecule has 7 rings (SSSR count). The molecule has 3 aromatic heterocycles. The molecule has 42 heavy (non-hydrogen) atoms. The van der Waals surface area contributed by atoms with Gasteiger partial charge in [-0.2, -0.15) is 4.98 Å². The molecule has 2 fully saturated rings. The van der Waals surface area contributed by atoms with Gasteiger partial charge in [0.25, 0.3) is 0 Å². The van der Waals surface area contributed by atoms with Crippen LogP contribution in [-0.2, 0) is 11.8 Å². The number of aryl methyl sites for hydroxylation is 2. The lowest BCUT2D eigenvalue weighted by atomic mass is 9.99. The van der Waals surface area contributed by atoms with Crippen molar-refractivity contribution in [3.05, 3.63) is 67.1 Å². The van der Waals surface area contributed by atoms with Crippen LogP contribution >= 0.6 is 0 Å². The molecule has 0 saturated carbocycles. The van der Waals surface area contributed by atoms with Gasteiger partial charge in [0.15, 0.2) is 5.82 Å². The SMILES string of the molecule is C=CC(=O)N1[C@@H]2CC[C@H]1CC(Oc1ncc3ncnc(Nc4ccc(Oc5ccc6c(c5)nnn6C)c(C)c4)c3n1)C2. The molecule has 2 aromatic carbocycles. The normalized spacial score (nSPS) is 19.7. The van der Waals surface area contributed by atoms with E-state index in [0.717, 1.165) is 53.7 Å². The van der Waals surface area contributed by atoms with E-state index in [1.807, 2.05) is 55.3 Å². The van der Waals surface area contributed by atoms with Crippen LogP contribution < -0.4 is 14.8 Å². The summed E-state index contributed by atoms with van der Waals surface area (Å²) in [4.78, 5) is 32.1. The molecule has 5 aromatic rings. The minimum atomic E-state index is -0.0697. The standard InChI is InChI=1S/C30H29N9O3/c1-4-27(40)39-19-6-7-20(39)13-22(12-19)42-30-31-15-24-28(35-30)29(33-16-32-24)34-18-5-10-26(17(2)11-18)41-21-8-9-25-23(14-21)36-37-38(25)3/h4-5,8-11,14-16,19-20,22H,1,6-7,12-13H2,2-3H3,(H,32,33,34)/t19-,20+,22?. The molecule has 0 aliphatic carbocycles. The fraction of sp³-hybridized carbons (Fsp3) is 0.300. The molecule has 2 aliphatic heterocycles. The number of benzene rings is 2. The van der Waals surface area contributed by atoms with Gasteiger partial charge in [0.1, 0.15) is 40.5 Å². The van der Waals surface area contributed by atoms with Crippen LogP contribution in [0.3, 0.4) is 0 Å². The molecule has 3 atom stereocenters. The summed E-state index contributed by atoms with van der Waals surface area (Å²) in [7, 11) is 1.86. The summed E-state index contributed by atoms with van der Waals surface area (Å²) in [5.74, 6) is 1.95. The molecule has 1 N–H and O–H groups in total. The quantitative estimate of drug-likeness (QED) is 0.279. The Hall–Kier alpha value is -5.13. The number of hydrogen-bond donors (Lipinski definition) is 1. The molecule has 2 aliphatic rings. The lowest BCUT2D eigenvalue weighted by Crippen LogP contribution is -2.48. The number of piperidine rings is 1. The lowest BCUT2D eigenvalue weighted by Gasteiger charge is -2.37. The van der Waals surface area contributed by atoms with Gasteiger partial charge >= 0.3 is 6.01 Å². The van der Waals surface area contributed by atoms with Gasteiger partial charge in [-0.05, 0) is 61.7 Å². The van der Waals surface area contributed by atoms with Crippen molar-refractivity contribution in [1.29, 1.82) is 0 Å². The highest BCUT2D eigenvalue weighted by atomic mass is 16.5. The summed E-state index contributed by atoms with van der Waals surface area (Å²) >= 11 is 0. The summed E-state index contributed by atoms with van der Waals surface area (Å²) in [6, 6.07) is 12.1. The number of carbonyl (C=O) groups is 1. The Morgan fingerprint density at radius 3 is 2.69 bits per heavy atom. The van der Waals surface area contributed by atoms with E-state index in [0.29, 0.717) is 22.6 Å². The molecule has 5 heterocycles. The maximum atomic E-state index is 12.3. The summed E-state index contributed by atoms with van der Waals surface area (Å²) in [6.45, 7) is 5.63. The Morgan fingerprint density at radius 1 is 1.07 bits per heavy atom. The molecule has 0 radical (unpaired) electrons. The monoisotopic (exact) mass is 563 g/mol. The topological polar surface area (TPSA) is 133 Å². The van der Waals surface area contributed by atoms with Crippen molar-refractivity contribution in [2.45, 2.75) is 50.8 Å². The highest BCUT2D eigenvalue weighted by Gasteiger charge is 2.43. The largest absolute Gasteiger partial charge is 0.460 e. The van der Waals surface area contributed by atoms with Crippen LogP contribution in [0.1, 0.15) is 31.2 Å². The van der Waals surface area contributed by atoms with Crippen molar-refractivity contribution in [3.8, 4) is 17.5 Å². The first-order valence-electron chi connectivity index (χ1n) is 13.9. The molecule has 1 amide bonds. The van der Waals surface area contributed by atoms with Crippen molar-refractivity contribution in [2.75, 3.05) is 5.32 Å². The Balaban J connectivity index is 1.08.